The zero-order chi connectivity index (χ0) is 25.0. The van der Waals surface area contributed by atoms with Crippen LogP contribution in [0.15, 0.2) is 30.3 Å². The highest BCUT2D eigenvalue weighted by molar-refractivity contribution is 5.85. The fourth-order valence-corrected chi connectivity index (χ4v) is 8.79. The van der Waals surface area contributed by atoms with Crippen LogP contribution >= 0.6 is 12.4 Å². The summed E-state index contributed by atoms with van der Waals surface area (Å²) in [7, 11) is 1.97. The highest BCUT2D eigenvalue weighted by Gasteiger charge is 2.57. The highest BCUT2D eigenvalue weighted by Crippen LogP contribution is 2.48. The molecular weight excluding hydrogens is 484 g/mol. The minimum atomic E-state index is -0.0126. The molecule has 5 aliphatic rings. The van der Waals surface area contributed by atoms with E-state index in [2.05, 4.69) is 58.9 Å². The fraction of sp³-hybridized carbons (Fsp3) is 0.733. The number of nitrogens with zero attached hydrogens (tertiary/aromatic N) is 4. The Morgan fingerprint density at radius 1 is 1.00 bits per heavy atom. The van der Waals surface area contributed by atoms with E-state index in [1.54, 1.807) is 0 Å². The molecule has 2 unspecified atom stereocenters. The molecule has 1 spiro atoms. The Bertz CT molecular complexity index is 967. The number of likely N-dealkylation sites (N-methyl/N-ethyl adjacent to an activating group) is 1. The van der Waals surface area contributed by atoms with Crippen molar-refractivity contribution in [1.82, 2.24) is 19.6 Å². The van der Waals surface area contributed by atoms with Crippen LogP contribution in [0.25, 0.3) is 0 Å². The zero-order valence-electron chi connectivity index (χ0n) is 22.8. The molecule has 0 aromatic heterocycles. The smallest absolute Gasteiger partial charge is 0.320 e. The molecule has 2 bridgehead atoms. The lowest BCUT2D eigenvalue weighted by molar-refractivity contribution is -0.134. The normalized spacial score (nSPS) is 34.3. The molecule has 1 aliphatic carbocycles. The number of carbonyl (C=O) groups excluding carboxylic acids is 2. The molecule has 0 radical (unpaired) electrons. The van der Waals surface area contributed by atoms with Crippen molar-refractivity contribution in [2.75, 3.05) is 33.2 Å². The number of hydrogen-bond acceptors (Lipinski definition) is 3. The van der Waals surface area contributed by atoms with Crippen molar-refractivity contribution in [3.05, 3.63) is 35.9 Å². The number of halogens is 1. The summed E-state index contributed by atoms with van der Waals surface area (Å²) in [6, 6.07) is 12.5. The summed E-state index contributed by atoms with van der Waals surface area (Å²) in [4.78, 5) is 35.6. The maximum absolute atomic E-state index is 13.4. The molecule has 204 valence electrons. The van der Waals surface area contributed by atoms with Crippen LogP contribution in [0.2, 0.25) is 0 Å². The van der Waals surface area contributed by atoms with E-state index in [9.17, 15) is 9.59 Å². The van der Waals surface area contributed by atoms with Gasteiger partial charge >= 0.3 is 6.03 Å². The first kappa shape index (κ1) is 26.8. The summed E-state index contributed by atoms with van der Waals surface area (Å²) in [5.74, 6) is 1.56. The first-order chi connectivity index (χ1) is 17.4. The van der Waals surface area contributed by atoms with Crippen LogP contribution in [0, 0.1) is 11.8 Å². The van der Waals surface area contributed by atoms with Gasteiger partial charge in [-0.05, 0) is 63.9 Å². The van der Waals surface area contributed by atoms with Gasteiger partial charge < -0.3 is 14.7 Å². The van der Waals surface area contributed by atoms with Gasteiger partial charge in [0.25, 0.3) is 0 Å². The molecule has 5 fully saturated rings. The van der Waals surface area contributed by atoms with E-state index < -0.39 is 0 Å². The molecule has 3 amide bonds. The Balaban J connectivity index is 0.00000280. The van der Waals surface area contributed by atoms with E-state index in [4.69, 9.17) is 0 Å². The third kappa shape index (κ3) is 4.67. The number of amides is 3. The van der Waals surface area contributed by atoms with Gasteiger partial charge in [0.1, 0.15) is 0 Å². The van der Waals surface area contributed by atoms with Crippen LogP contribution in [0.1, 0.15) is 76.7 Å². The Hall–Kier alpha value is -1.79. The van der Waals surface area contributed by atoms with Crippen LogP contribution in [-0.2, 0) is 4.79 Å². The zero-order valence-corrected chi connectivity index (χ0v) is 23.7. The van der Waals surface area contributed by atoms with Gasteiger partial charge in [0.15, 0.2) is 0 Å². The van der Waals surface area contributed by atoms with E-state index >= 15 is 0 Å². The van der Waals surface area contributed by atoms with E-state index in [0.717, 1.165) is 51.9 Å². The number of rotatable bonds is 5. The number of urea groups is 1. The molecule has 1 aromatic rings. The molecule has 4 saturated heterocycles. The predicted molar refractivity (Wildman–Crippen MR) is 149 cm³/mol. The van der Waals surface area contributed by atoms with Crippen molar-refractivity contribution in [2.45, 2.75) is 94.8 Å². The van der Waals surface area contributed by atoms with E-state index in [1.165, 1.54) is 31.2 Å². The molecule has 4 heterocycles. The molecule has 4 aliphatic heterocycles. The average Bonchev–Trinajstić information content (AvgIpc) is 3.62. The maximum atomic E-state index is 13.4. The van der Waals surface area contributed by atoms with Crippen LogP contribution in [-0.4, -0.2) is 88.4 Å². The lowest BCUT2D eigenvalue weighted by atomic mass is 9.80. The fourth-order valence-electron chi connectivity index (χ4n) is 8.79. The highest BCUT2D eigenvalue weighted by atomic mass is 35.5. The average molecular weight is 529 g/mol. The Labute approximate surface area is 229 Å². The largest absolute Gasteiger partial charge is 0.341 e. The van der Waals surface area contributed by atoms with Crippen molar-refractivity contribution in [3.8, 4) is 0 Å². The SMILES string of the molecule is CC(C)N1C(=O)N(C)CC12CC1CCC(C2)N1C[C@H]1CN(C(=O)C2CCCC2)C[C@@H]1c1ccccc1.Cl. The molecule has 0 N–H and O–H groups in total. The number of hydrogen-bond donors (Lipinski definition) is 0. The second kappa shape index (κ2) is 10.4. The van der Waals surface area contributed by atoms with Gasteiger partial charge in [-0.3, -0.25) is 9.69 Å². The Morgan fingerprint density at radius 2 is 1.65 bits per heavy atom. The molecule has 6 nitrogen and oxygen atoms in total. The number of piperidine rings is 1. The lowest BCUT2D eigenvalue weighted by Gasteiger charge is -2.50. The first-order valence-electron chi connectivity index (χ1n) is 14.5. The predicted octanol–water partition coefficient (Wildman–Crippen LogP) is 4.98. The third-order valence-electron chi connectivity index (χ3n) is 10.2. The van der Waals surface area contributed by atoms with Crippen molar-refractivity contribution in [1.29, 1.82) is 0 Å². The van der Waals surface area contributed by atoms with Gasteiger partial charge in [0.05, 0.1) is 5.54 Å². The quantitative estimate of drug-likeness (QED) is 0.541. The van der Waals surface area contributed by atoms with Crippen LogP contribution in [0.4, 0.5) is 4.79 Å². The first-order valence-corrected chi connectivity index (χ1v) is 14.5. The van der Waals surface area contributed by atoms with E-state index in [1.807, 2.05) is 11.9 Å². The van der Waals surface area contributed by atoms with Gasteiger partial charge in [0.2, 0.25) is 5.91 Å². The topological polar surface area (TPSA) is 47.1 Å². The number of carbonyl (C=O) groups is 2. The van der Waals surface area contributed by atoms with E-state index in [-0.39, 0.29) is 35.9 Å². The summed E-state index contributed by atoms with van der Waals surface area (Å²) < 4.78 is 0. The van der Waals surface area contributed by atoms with Crippen molar-refractivity contribution in [3.63, 3.8) is 0 Å². The molecule has 7 heteroatoms. The molecule has 6 rings (SSSR count). The van der Waals surface area contributed by atoms with Crippen molar-refractivity contribution in [2.24, 2.45) is 11.8 Å². The molecular formula is C30H45ClN4O2. The summed E-state index contributed by atoms with van der Waals surface area (Å²) >= 11 is 0. The van der Waals surface area contributed by atoms with Crippen LogP contribution < -0.4 is 0 Å². The summed E-state index contributed by atoms with van der Waals surface area (Å²) in [6.45, 7) is 8.06. The van der Waals surface area contributed by atoms with Crippen LogP contribution in [0.3, 0.4) is 0 Å². The number of fused-ring (bicyclic) bond motifs is 2. The molecule has 37 heavy (non-hydrogen) atoms. The summed E-state index contributed by atoms with van der Waals surface area (Å²) in [5, 5.41) is 0. The Morgan fingerprint density at radius 3 is 2.27 bits per heavy atom. The second-order valence-electron chi connectivity index (χ2n) is 12.8. The number of benzene rings is 1. The van der Waals surface area contributed by atoms with Gasteiger partial charge in [-0.25, -0.2) is 4.79 Å². The third-order valence-corrected chi connectivity index (χ3v) is 10.2. The number of likely N-dealkylation sites (tertiary alicyclic amines) is 1. The van der Waals surface area contributed by atoms with Gasteiger partial charge in [-0.2, -0.15) is 0 Å². The van der Waals surface area contributed by atoms with Gasteiger partial charge in [-0.15, -0.1) is 12.4 Å². The molecule has 1 aromatic carbocycles. The second-order valence-corrected chi connectivity index (χ2v) is 12.8. The maximum Gasteiger partial charge on any atom is 0.320 e. The Kier molecular flexibility index (Phi) is 7.54. The lowest BCUT2D eigenvalue weighted by Crippen LogP contribution is -2.60. The summed E-state index contributed by atoms with van der Waals surface area (Å²) in [6.07, 6.45) is 9.23. The summed E-state index contributed by atoms with van der Waals surface area (Å²) in [5.41, 5.74) is 1.38. The van der Waals surface area contributed by atoms with Gasteiger partial charge in [-0.1, -0.05) is 43.2 Å². The van der Waals surface area contributed by atoms with E-state index in [0.29, 0.717) is 29.8 Å². The molecule has 4 atom stereocenters. The van der Waals surface area contributed by atoms with Crippen LogP contribution in [0.5, 0.6) is 0 Å². The molecule has 1 saturated carbocycles. The minimum Gasteiger partial charge on any atom is -0.341 e. The van der Waals surface area contributed by atoms with Crippen molar-refractivity contribution < 1.29 is 9.59 Å². The van der Waals surface area contributed by atoms with Crippen molar-refractivity contribution >= 4 is 24.3 Å². The monoisotopic (exact) mass is 528 g/mol. The van der Waals surface area contributed by atoms with Gasteiger partial charge in [0, 0.05) is 63.2 Å². The standard InChI is InChI=1S/C30H44N4O2.ClH/c1-21(2)34-29(36)31(3)20-30(34)15-25-13-14-26(16-30)33(25)18-24-17-32(28(35)23-11-7-8-12-23)19-27(24)22-9-5-4-6-10-22;/h4-6,9-10,21,23-27H,7-8,11-20H2,1-3H3;1H/t24-,25?,26?,27-,30?;/m1./s1. The minimum absolute atomic E-state index is 0.